The fraction of sp³-hybridized carbons (Fsp3) is 0.480. The summed E-state index contributed by atoms with van der Waals surface area (Å²) >= 11 is 0. The Labute approximate surface area is 184 Å². The Morgan fingerprint density at radius 3 is 2.55 bits per heavy atom. The molecule has 0 atom stereocenters. The van der Waals surface area contributed by atoms with E-state index in [0.29, 0.717) is 35.7 Å². The van der Waals surface area contributed by atoms with Crippen molar-refractivity contribution in [1.82, 2.24) is 9.88 Å². The number of Topliss-reactive ketones (excluding diaryl/α,β-unsaturated/α-hetero) is 1. The lowest BCUT2D eigenvalue weighted by Gasteiger charge is -2.37. The van der Waals surface area contributed by atoms with E-state index in [1.165, 1.54) is 0 Å². The minimum absolute atomic E-state index is 0.0191. The van der Waals surface area contributed by atoms with E-state index in [9.17, 15) is 9.59 Å². The van der Waals surface area contributed by atoms with Gasteiger partial charge < -0.3 is 14.5 Å². The van der Waals surface area contributed by atoms with E-state index in [1.54, 1.807) is 13.1 Å². The van der Waals surface area contributed by atoms with Crippen molar-refractivity contribution >= 4 is 23.2 Å². The zero-order chi connectivity index (χ0) is 22.2. The third kappa shape index (κ3) is 4.29. The quantitative estimate of drug-likeness (QED) is 0.673. The maximum atomic E-state index is 13.0. The molecule has 1 saturated heterocycles. The monoisotopic (exact) mass is 421 g/mol. The number of benzene rings is 1. The molecule has 2 aliphatic heterocycles. The van der Waals surface area contributed by atoms with Crippen LogP contribution in [-0.4, -0.2) is 47.8 Å². The zero-order valence-corrected chi connectivity index (χ0v) is 18.9. The molecule has 1 fully saturated rings. The normalized spacial score (nSPS) is 17.7. The maximum Gasteiger partial charge on any atom is 0.255 e. The number of hydrogen-bond acceptors (Lipinski definition) is 5. The second-order valence-electron chi connectivity index (χ2n) is 9.25. The molecule has 164 valence electrons. The summed E-state index contributed by atoms with van der Waals surface area (Å²) in [6.07, 6.45) is 4.47. The van der Waals surface area contributed by atoms with Gasteiger partial charge in [-0.1, -0.05) is 20.8 Å². The number of pyridine rings is 1. The topological polar surface area (TPSA) is 62.7 Å². The van der Waals surface area contributed by atoms with Gasteiger partial charge >= 0.3 is 0 Å². The van der Waals surface area contributed by atoms with Gasteiger partial charge in [-0.2, -0.15) is 0 Å². The first kappa shape index (κ1) is 21.3. The summed E-state index contributed by atoms with van der Waals surface area (Å²) in [5.74, 6) is 1.43. The van der Waals surface area contributed by atoms with Crippen molar-refractivity contribution in [3.63, 3.8) is 0 Å². The van der Waals surface area contributed by atoms with Crippen LogP contribution in [0.4, 0.5) is 11.5 Å². The maximum absolute atomic E-state index is 13.0. The summed E-state index contributed by atoms with van der Waals surface area (Å²) in [5.41, 5.74) is 3.64. The highest BCUT2D eigenvalue weighted by molar-refractivity contribution is 5.96. The summed E-state index contributed by atoms with van der Waals surface area (Å²) in [5, 5.41) is 0. The van der Waals surface area contributed by atoms with Gasteiger partial charge in [0.15, 0.2) is 17.4 Å². The summed E-state index contributed by atoms with van der Waals surface area (Å²) in [6.45, 7) is 10.9. The average molecular weight is 422 g/mol. The number of fused-ring (bicyclic) bond motifs is 1. The van der Waals surface area contributed by atoms with Crippen LogP contribution in [0.2, 0.25) is 0 Å². The molecule has 1 aromatic heterocycles. The van der Waals surface area contributed by atoms with Gasteiger partial charge in [0.05, 0.1) is 12.1 Å². The molecule has 0 radical (unpaired) electrons. The van der Waals surface area contributed by atoms with Gasteiger partial charge in [0.1, 0.15) is 6.61 Å². The van der Waals surface area contributed by atoms with Crippen LogP contribution in [0.1, 0.15) is 66.8 Å². The van der Waals surface area contributed by atoms with Crippen LogP contribution in [-0.2, 0) is 6.42 Å². The van der Waals surface area contributed by atoms with Crippen molar-refractivity contribution < 1.29 is 14.3 Å². The van der Waals surface area contributed by atoms with E-state index in [2.05, 4.69) is 36.7 Å². The van der Waals surface area contributed by atoms with Crippen LogP contribution < -0.4 is 9.64 Å². The van der Waals surface area contributed by atoms with Crippen molar-refractivity contribution in [3.05, 3.63) is 47.2 Å². The van der Waals surface area contributed by atoms with Gasteiger partial charge in [-0.3, -0.25) is 9.59 Å². The molecule has 3 heterocycles. The van der Waals surface area contributed by atoms with E-state index in [-0.39, 0.29) is 11.7 Å². The van der Waals surface area contributed by atoms with E-state index < -0.39 is 0 Å². The number of carbonyl (C=O) groups is 2. The summed E-state index contributed by atoms with van der Waals surface area (Å²) in [6, 6.07) is 7.73. The molecule has 2 aromatic rings. The lowest BCUT2D eigenvalue weighted by atomic mass is 9.82. The van der Waals surface area contributed by atoms with Crippen LogP contribution >= 0.6 is 0 Å². The number of ether oxygens (including phenoxy) is 1. The predicted octanol–water partition coefficient (Wildman–Crippen LogP) is 4.64. The van der Waals surface area contributed by atoms with Crippen molar-refractivity contribution in [2.24, 2.45) is 5.41 Å². The molecule has 0 spiro atoms. The Balaban J connectivity index is 1.59. The van der Waals surface area contributed by atoms with Gasteiger partial charge in [0.2, 0.25) is 0 Å². The molecule has 1 aromatic carbocycles. The zero-order valence-electron chi connectivity index (χ0n) is 18.9. The first-order chi connectivity index (χ1) is 14.8. The summed E-state index contributed by atoms with van der Waals surface area (Å²) in [7, 11) is 0. The highest BCUT2D eigenvalue weighted by atomic mass is 16.5. The average Bonchev–Trinajstić information content (AvgIpc) is 2.77. The number of aromatic nitrogens is 1. The number of piperidine rings is 1. The molecule has 31 heavy (non-hydrogen) atoms. The second-order valence-corrected chi connectivity index (χ2v) is 9.25. The Hall–Kier alpha value is -2.89. The number of carbonyl (C=O) groups excluding carboxylic acids is 2. The molecular formula is C25H31N3O3. The molecule has 6 nitrogen and oxygen atoms in total. The number of amides is 1. The first-order valence-electron chi connectivity index (χ1n) is 11.1. The van der Waals surface area contributed by atoms with E-state index in [0.717, 1.165) is 49.2 Å². The number of ketones is 1. The number of likely N-dealkylation sites (tertiary alicyclic amines) is 1. The smallest absolute Gasteiger partial charge is 0.255 e. The Kier molecular flexibility index (Phi) is 5.73. The highest BCUT2D eigenvalue weighted by Crippen LogP contribution is 2.37. The molecule has 6 heteroatoms. The van der Waals surface area contributed by atoms with Crippen LogP contribution in [0.3, 0.4) is 0 Å². The van der Waals surface area contributed by atoms with Crippen molar-refractivity contribution in [3.8, 4) is 5.75 Å². The molecular weight excluding hydrogens is 390 g/mol. The van der Waals surface area contributed by atoms with Crippen LogP contribution in [0.25, 0.3) is 0 Å². The standard InChI is InChI=1S/C25H31N3O3/c1-5-18-14-20(6-7-21(18)17(2)29)28-12-13-31-22-15-19(16-26-23(22)28)24(30)27-10-8-25(3,4)9-11-27/h6-7,14-16H,5,8-13H2,1-4H3. The molecule has 2 aliphatic rings. The van der Waals surface area contributed by atoms with Gasteiger partial charge in [0.25, 0.3) is 5.91 Å². The summed E-state index contributed by atoms with van der Waals surface area (Å²) in [4.78, 5) is 33.6. The number of anilines is 2. The summed E-state index contributed by atoms with van der Waals surface area (Å²) < 4.78 is 5.88. The van der Waals surface area contributed by atoms with Crippen molar-refractivity contribution in [1.29, 1.82) is 0 Å². The lowest BCUT2D eigenvalue weighted by molar-refractivity contribution is 0.0629. The number of aryl methyl sites for hydroxylation is 1. The third-order valence-corrected chi connectivity index (χ3v) is 6.47. The lowest BCUT2D eigenvalue weighted by Crippen LogP contribution is -2.41. The highest BCUT2D eigenvalue weighted by Gasteiger charge is 2.30. The third-order valence-electron chi connectivity index (χ3n) is 6.47. The molecule has 0 N–H and O–H groups in total. The van der Waals surface area contributed by atoms with Crippen LogP contribution in [0.5, 0.6) is 5.75 Å². The molecule has 0 aliphatic carbocycles. The largest absolute Gasteiger partial charge is 0.488 e. The van der Waals surface area contributed by atoms with Crippen LogP contribution in [0, 0.1) is 5.41 Å². The van der Waals surface area contributed by atoms with Crippen molar-refractivity contribution in [2.45, 2.75) is 47.0 Å². The molecule has 0 unspecified atom stereocenters. The minimum atomic E-state index is 0.0191. The number of hydrogen-bond donors (Lipinski definition) is 0. The molecule has 4 rings (SSSR count). The molecule has 0 saturated carbocycles. The Bertz CT molecular complexity index is 1010. The van der Waals surface area contributed by atoms with Gasteiger partial charge in [-0.15, -0.1) is 0 Å². The van der Waals surface area contributed by atoms with E-state index >= 15 is 0 Å². The van der Waals surface area contributed by atoms with Gasteiger partial charge in [-0.25, -0.2) is 4.98 Å². The van der Waals surface area contributed by atoms with E-state index in [4.69, 9.17) is 4.74 Å². The molecule has 1 amide bonds. The minimum Gasteiger partial charge on any atom is -0.488 e. The second kappa shape index (κ2) is 8.33. The SMILES string of the molecule is CCc1cc(N2CCOc3cc(C(=O)N4CCC(C)(C)CC4)cnc32)ccc1C(C)=O. The fourth-order valence-corrected chi connectivity index (χ4v) is 4.35. The Morgan fingerprint density at radius 1 is 1.13 bits per heavy atom. The molecule has 0 bridgehead atoms. The van der Waals surface area contributed by atoms with Gasteiger partial charge in [-0.05, 0) is 61.4 Å². The Morgan fingerprint density at radius 2 is 1.87 bits per heavy atom. The number of rotatable bonds is 4. The van der Waals surface area contributed by atoms with Gasteiger partial charge in [0, 0.05) is 30.5 Å². The fourth-order valence-electron chi connectivity index (χ4n) is 4.35. The predicted molar refractivity (Wildman–Crippen MR) is 121 cm³/mol. The van der Waals surface area contributed by atoms with Crippen molar-refractivity contribution in [2.75, 3.05) is 31.1 Å². The van der Waals surface area contributed by atoms with Crippen LogP contribution in [0.15, 0.2) is 30.5 Å². The number of nitrogens with zero attached hydrogens (tertiary/aromatic N) is 3. The first-order valence-corrected chi connectivity index (χ1v) is 11.1. The van der Waals surface area contributed by atoms with E-state index in [1.807, 2.05) is 23.1 Å².